The van der Waals surface area contributed by atoms with Crippen LogP contribution in [0, 0.1) is 11.8 Å². The largest absolute Gasteiger partial charge is 0.396 e. The summed E-state index contributed by atoms with van der Waals surface area (Å²) in [6.45, 7) is 6.86. The summed E-state index contributed by atoms with van der Waals surface area (Å²) in [6.07, 6.45) is 4.99. The van der Waals surface area contributed by atoms with Crippen LogP contribution in [0.3, 0.4) is 0 Å². The third-order valence-corrected chi connectivity index (χ3v) is 5.32. The highest BCUT2D eigenvalue weighted by Gasteiger charge is 2.35. The first-order chi connectivity index (χ1) is 11.3. The van der Waals surface area contributed by atoms with Crippen molar-refractivity contribution in [2.24, 2.45) is 11.8 Å². The van der Waals surface area contributed by atoms with Crippen molar-refractivity contribution in [2.45, 2.75) is 26.2 Å². The summed E-state index contributed by atoms with van der Waals surface area (Å²) in [5.41, 5.74) is 2.52. The zero-order valence-electron chi connectivity index (χ0n) is 14.0. The van der Waals surface area contributed by atoms with Gasteiger partial charge in [0, 0.05) is 50.0 Å². The molecule has 0 spiro atoms. The highest BCUT2D eigenvalue weighted by molar-refractivity contribution is 5.51. The number of fused-ring (bicyclic) bond motifs is 1. The summed E-state index contributed by atoms with van der Waals surface area (Å²) in [7, 11) is 0. The lowest BCUT2D eigenvalue weighted by atomic mass is 9.96. The van der Waals surface area contributed by atoms with Gasteiger partial charge in [-0.25, -0.2) is 9.97 Å². The maximum atomic E-state index is 9.78. The van der Waals surface area contributed by atoms with E-state index in [1.807, 2.05) is 0 Å². The highest BCUT2D eigenvalue weighted by Crippen LogP contribution is 2.33. The molecule has 0 bridgehead atoms. The van der Waals surface area contributed by atoms with Gasteiger partial charge >= 0.3 is 0 Å². The van der Waals surface area contributed by atoms with Gasteiger partial charge < -0.3 is 20.0 Å². The number of nitrogens with zero attached hydrogens (tertiary/aromatic N) is 4. The summed E-state index contributed by atoms with van der Waals surface area (Å²) in [5, 5.41) is 19.0. The van der Waals surface area contributed by atoms with E-state index in [1.54, 1.807) is 6.33 Å². The van der Waals surface area contributed by atoms with Crippen LogP contribution in [0.2, 0.25) is 0 Å². The topological polar surface area (TPSA) is 72.7 Å². The standard InChI is InChI=1S/C17H28N4O2/c1-2-20(6-7-22)8-13-9-21(10-14(13)11-23)17-15-4-3-5-16(15)18-12-19-17/h12-14,22-23H,2-11H2,1H3/t13-,14-/m1/s1. The highest BCUT2D eigenvalue weighted by atomic mass is 16.3. The number of aryl methyl sites for hydroxylation is 1. The van der Waals surface area contributed by atoms with Crippen molar-refractivity contribution in [3.63, 3.8) is 0 Å². The number of likely N-dealkylation sites (N-methyl/N-ethyl adjacent to an activating group) is 1. The van der Waals surface area contributed by atoms with Crippen LogP contribution in [-0.2, 0) is 12.8 Å². The molecule has 23 heavy (non-hydrogen) atoms. The molecule has 1 aromatic rings. The van der Waals surface area contributed by atoms with Gasteiger partial charge in [0.2, 0.25) is 0 Å². The van der Waals surface area contributed by atoms with Gasteiger partial charge in [0.05, 0.1) is 6.61 Å². The fourth-order valence-electron chi connectivity index (χ4n) is 3.99. The molecule has 2 N–H and O–H groups in total. The first kappa shape index (κ1) is 16.6. The minimum absolute atomic E-state index is 0.188. The first-order valence-corrected chi connectivity index (χ1v) is 8.78. The molecule has 1 aliphatic carbocycles. The Hall–Kier alpha value is -1.24. The zero-order chi connectivity index (χ0) is 16.2. The van der Waals surface area contributed by atoms with E-state index in [0.717, 1.165) is 44.8 Å². The lowest BCUT2D eigenvalue weighted by Crippen LogP contribution is -2.35. The fourth-order valence-corrected chi connectivity index (χ4v) is 3.99. The smallest absolute Gasteiger partial charge is 0.135 e. The Bertz CT molecular complexity index is 525. The van der Waals surface area contributed by atoms with Gasteiger partial charge in [-0.2, -0.15) is 0 Å². The van der Waals surface area contributed by atoms with E-state index in [9.17, 15) is 10.2 Å². The van der Waals surface area contributed by atoms with Gasteiger partial charge in [-0.15, -0.1) is 0 Å². The second-order valence-electron chi connectivity index (χ2n) is 6.70. The van der Waals surface area contributed by atoms with Crippen LogP contribution in [0.1, 0.15) is 24.6 Å². The Balaban J connectivity index is 1.73. The first-order valence-electron chi connectivity index (χ1n) is 8.78. The predicted molar refractivity (Wildman–Crippen MR) is 89.5 cm³/mol. The fraction of sp³-hybridized carbons (Fsp3) is 0.765. The maximum Gasteiger partial charge on any atom is 0.135 e. The molecule has 3 rings (SSSR count). The molecule has 0 radical (unpaired) electrons. The molecule has 0 saturated carbocycles. The summed E-state index contributed by atoms with van der Waals surface area (Å²) in [5.74, 6) is 1.77. The molecule has 2 atom stereocenters. The number of anilines is 1. The molecule has 1 fully saturated rings. The van der Waals surface area contributed by atoms with Crippen molar-refractivity contribution in [1.82, 2.24) is 14.9 Å². The van der Waals surface area contributed by atoms with E-state index in [1.165, 1.54) is 17.7 Å². The van der Waals surface area contributed by atoms with Crippen LogP contribution in [0.15, 0.2) is 6.33 Å². The number of aliphatic hydroxyl groups excluding tert-OH is 2. The molecule has 0 aromatic carbocycles. The predicted octanol–water partition coefficient (Wildman–Crippen LogP) is 0.324. The second kappa shape index (κ2) is 7.55. The Morgan fingerprint density at radius 3 is 2.78 bits per heavy atom. The third kappa shape index (κ3) is 3.49. The van der Waals surface area contributed by atoms with Gasteiger partial charge in [0.15, 0.2) is 0 Å². The van der Waals surface area contributed by atoms with Crippen molar-refractivity contribution in [3.05, 3.63) is 17.6 Å². The van der Waals surface area contributed by atoms with E-state index in [4.69, 9.17) is 0 Å². The average Bonchev–Trinajstić information content (AvgIpc) is 3.20. The molecule has 6 heteroatoms. The van der Waals surface area contributed by atoms with Crippen molar-refractivity contribution in [1.29, 1.82) is 0 Å². The quantitative estimate of drug-likeness (QED) is 0.754. The van der Waals surface area contributed by atoms with Gasteiger partial charge in [0.1, 0.15) is 12.1 Å². The number of rotatable bonds is 7. The minimum Gasteiger partial charge on any atom is -0.396 e. The molecule has 6 nitrogen and oxygen atoms in total. The molecule has 0 amide bonds. The van der Waals surface area contributed by atoms with E-state index in [2.05, 4.69) is 26.7 Å². The van der Waals surface area contributed by atoms with E-state index in [0.29, 0.717) is 12.5 Å². The van der Waals surface area contributed by atoms with Crippen molar-refractivity contribution in [2.75, 3.05) is 50.8 Å². The second-order valence-corrected chi connectivity index (χ2v) is 6.70. The molecule has 1 aromatic heterocycles. The number of hydrogen-bond donors (Lipinski definition) is 2. The molecular formula is C17H28N4O2. The van der Waals surface area contributed by atoms with E-state index >= 15 is 0 Å². The van der Waals surface area contributed by atoms with Crippen LogP contribution in [0.4, 0.5) is 5.82 Å². The summed E-state index contributed by atoms with van der Waals surface area (Å²) >= 11 is 0. The Morgan fingerprint density at radius 1 is 1.22 bits per heavy atom. The van der Waals surface area contributed by atoms with Gasteiger partial charge in [-0.05, 0) is 31.7 Å². The maximum absolute atomic E-state index is 9.78. The Labute approximate surface area is 138 Å². The number of hydrogen-bond acceptors (Lipinski definition) is 6. The van der Waals surface area contributed by atoms with Crippen LogP contribution in [0.5, 0.6) is 0 Å². The third-order valence-electron chi connectivity index (χ3n) is 5.32. The monoisotopic (exact) mass is 320 g/mol. The van der Waals surface area contributed by atoms with Crippen LogP contribution in [-0.4, -0.2) is 71.0 Å². The normalized spacial score (nSPS) is 23.7. The molecule has 2 heterocycles. The molecule has 128 valence electrons. The molecule has 1 saturated heterocycles. The SMILES string of the molecule is CCN(CCO)C[C@@H]1CN(c2ncnc3c2CCC3)C[C@@H]1CO. The van der Waals surface area contributed by atoms with E-state index < -0.39 is 0 Å². The molecule has 2 aliphatic rings. The Morgan fingerprint density at radius 2 is 2.04 bits per heavy atom. The molecule has 0 unspecified atom stereocenters. The summed E-state index contributed by atoms with van der Waals surface area (Å²) in [6, 6.07) is 0. The van der Waals surface area contributed by atoms with Crippen LogP contribution < -0.4 is 4.90 Å². The van der Waals surface area contributed by atoms with Crippen molar-refractivity contribution < 1.29 is 10.2 Å². The van der Waals surface area contributed by atoms with Gasteiger partial charge in [0.25, 0.3) is 0 Å². The number of aliphatic hydroxyl groups is 2. The summed E-state index contributed by atoms with van der Waals surface area (Å²) in [4.78, 5) is 13.6. The molecular weight excluding hydrogens is 292 g/mol. The number of aromatic nitrogens is 2. The van der Waals surface area contributed by atoms with Crippen molar-refractivity contribution in [3.8, 4) is 0 Å². The van der Waals surface area contributed by atoms with Crippen LogP contribution >= 0.6 is 0 Å². The van der Waals surface area contributed by atoms with Crippen molar-refractivity contribution >= 4 is 5.82 Å². The minimum atomic E-state index is 0.188. The van der Waals surface area contributed by atoms with Gasteiger partial charge in [-0.3, -0.25) is 0 Å². The summed E-state index contributed by atoms with van der Waals surface area (Å²) < 4.78 is 0. The lowest BCUT2D eigenvalue weighted by molar-refractivity contribution is 0.147. The lowest BCUT2D eigenvalue weighted by Gasteiger charge is -2.25. The van der Waals surface area contributed by atoms with E-state index in [-0.39, 0.29) is 19.1 Å². The Kier molecular flexibility index (Phi) is 5.46. The zero-order valence-corrected chi connectivity index (χ0v) is 14.0. The molecule has 1 aliphatic heterocycles. The van der Waals surface area contributed by atoms with Crippen LogP contribution in [0.25, 0.3) is 0 Å². The average molecular weight is 320 g/mol. The van der Waals surface area contributed by atoms with Gasteiger partial charge in [-0.1, -0.05) is 6.92 Å².